The van der Waals surface area contributed by atoms with Gasteiger partial charge >= 0.3 is 6.18 Å². The van der Waals surface area contributed by atoms with Gasteiger partial charge in [-0.3, -0.25) is 4.79 Å². The second kappa shape index (κ2) is 6.10. The lowest BCUT2D eigenvalue weighted by atomic mass is 9.99. The van der Waals surface area contributed by atoms with E-state index in [1.165, 1.54) is 0 Å². The molecule has 2 rings (SSSR count). The highest BCUT2D eigenvalue weighted by molar-refractivity contribution is 5.85. The summed E-state index contributed by atoms with van der Waals surface area (Å²) in [5.41, 5.74) is 0. The maximum Gasteiger partial charge on any atom is 0.389 e. The molecule has 0 aromatic rings. The third-order valence-electron chi connectivity index (χ3n) is 3.47. The molecule has 2 bridgehead atoms. The zero-order chi connectivity index (χ0) is 12.5. The number of carbonyl (C=O) groups is 1. The summed E-state index contributed by atoms with van der Waals surface area (Å²) in [5.74, 6) is -0.478. The van der Waals surface area contributed by atoms with Crippen LogP contribution in [0, 0.1) is 0 Å². The first kappa shape index (κ1) is 15.6. The monoisotopic (exact) mass is 286 g/mol. The van der Waals surface area contributed by atoms with Crippen molar-refractivity contribution in [3.63, 3.8) is 0 Å². The van der Waals surface area contributed by atoms with Gasteiger partial charge in [0.1, 0.15) is 0 Å². The third kappa shape index (κ3) is 4.65. The second-order valence-electron chi connectivity index (χ2n) is 4.99. The molecule has 7 heteroatoms. The standard InChI is InChI=1S/C11H17F3N2O.ClH/c12-11(13,14)4-3-10(17)16-9-5-7-1-2-8(6-9)15-7;/h7-9,15H,1-6H2,(H,16,17);1H. The highest BCUT2D eigenvalue weighted by Crippen LogP contribution is 2.27. The molecule has 0 aliphatic carbocycles. The molecule has 18 heavy (non-hydrogen) atoms. The van der Waals surface area contributed by atoms with Gasteiger partial charge in [0.05, 0.1) is 6.42 Å². The average molecular weight is 287 g/mol. The molecule has 0 saturated carbocycles. The van der Waals surface area contributed by atoms with E-state index in [4.69, 9.17) is 0 Å². The van der Waals surface area contributed by atoms with Crippen molar-refractivity contribution in [2.45, 2.75) is 62.8 Å². The van der Waals surface area contributed by atoms with E-state index in [0.717, 1.165) is 25.7 Å². The molecular weight excluding hydrogens is 269 g/mol. The highest BCUT2D eigenvalue weighted by Gasteiger charge is 2.34. The lowest BCUT2D eigenvalue weighted by molar-refractivity contribution is -0.144. The van der Waals surface area contributed by atoms with Gasteiger partial charge in [-0.15, -0.1) is 12.4 Å². The second-order valence-corrected chi connectivity index (χ2v) is 4.99. The van der Waals surface area contributed by atoms with Crippen molar-refractivity contribution < 1.29 is 18.0 Å². The van der Waals surface area contributed by atoms with E-state index in [2.05, 4.69) is 10.6 Å². The molecule has 2 atom stereocenters. The number of hydrogen-bond acceptors (Lipinski definition) is 2. The molecule has 0 spiro atoms. The fourth-order valence-electron chi connectivity index (χ4n) is 2.73. The molecule has 1 amide bonds. The SMILES string of the molecule is Cl.O=C(CCC(F)(F)F)NC1CC2CCC(C1)N2. The van der Waals surface area contributed by atoms with Crippen LogP contribution >= 0.6 is 12.4 Å². The van der Waals surface area contributed by atoms with Crippen LogP contribution in [-0.4, -0.2) is 30.2 Å². The predicted octanol–water partition coefficient (Wildman–Crippen LogP) is 2.15. The van der Waals surface area contributed by atoms with E-state index in [9.17, 15) is 18.0 Å². The van der Waals surface area contributed by atoms with Crippen LogP contribution in [-0.2, 0) is 4.79 Å². The normalized spacial score (nSPS) is 30.7. The summed E-state index contributed by atoms with van der Waals surface area (Å²) in [6.45, 7) is 0. The van der Waals surface area contributed by atoms with Gasteiger partial charge in [-0.25, -0.2) is 0 Å². The number of amides is 1. The van der Waals surface area contributed by atoms with Gasteiger partial charge in [-0.1, -0.05) is 0 Å². The van der Waals surface area contributed by atoms with Crippen molar-refractivity contribution in [2.75, 3.05) is 0 Å². The maximum absolute atomic E-state index is 11.9. The van der Waals surface area contributed by atoms with Crippen LogP contribution in [0.2, 0.25) is 0 Å². The minimum absolute atomic E-state index is 0. The summed E-state index contributed by atoms with van der Waals surface area (Å²) in [7, 11) is 0. The number of fused-ring (bicyclic) bond motifs is 2. The fraction of sp³-hybridized carbons (Fsp3) is 0.909. The number of halogens is 4. The molecule has 2 saturated heterocycles. The van der Waals surface area contributed by atoms with Gasteiger partial charge in [-0.2, -0.15) is 13.2 Å². The number of hydrogen-bond donors (Lipinski definition) is 2. The molecule has 0 aromatic carbocycles. The molecule has 2 N–H and O–H groups in total. The number of nitrogens with one attached hydrogen (secondary N) is 2. The van der Waals surface area contributed by atoms with E-state index >= 15 is 0 Å². The van der Waals surface area contributed by atoms with Crippen LogP contribution in [0.4, 0.5) is 13.2 Å². The first-order valence-corrected chi connectivity index (χ1v) is 6.04. The molecule has 2 aliphatic heterocycles. The van der Waals surface area contributed by atoms with Gasteiger partial charge < -0.3 is 10.6 Å². The molecule has 2 fully saturated rings. The van der Waals surface area contributed by atoms with Crippen molar-refractivity contribution in [2.24, 2.45) is 0 Å². The van der Waals surface area contributed by atoms with Crippen molar-refractivity contribution >= 4 is 18.3 Å². The molecule has 0 aromatic heterocycles. The maximum atomic E-state index is 11.9. The summed E-state index contributed by atoms with van der Waals surface area (Å²) < 4.78 is 35.8. The van der Waals surface area contributed by atoms with E-state index in [-0.39, 0.29) is 18.4 Å². The van der Waals surface area contributed by atoms with Gasteiger partial charge in [0.2, 0.25) is 5.91 Å². The highest BCUT2D eigenvalue weighted by atomic mass is 35.5. The first-order chi connectivity index (χ1) is 7.92. The summed E-state index contributed by atoms with van der Waals surface area (Å²) in [4.78, 5) is 11.4. The van der Waals surface area contributed by atoms with Crippen molar-refractivity contribution in [1.82, 2.24) is 10.6 Å². The van der Waals surface area contributed by atoms with Crippen LogP contribution in [0.5, 0.6) is 0 Å². The predicted molar refractivity (Wildman–Crippen MR) is 63.6 cm³/mol. The largest absolute Gasteiger partial charge is 0.389 e. The Labute approximate surface area is 110 Å². The van der Waals surface area contributed by atoms with Gasteiger partial charge in [-0.05, 0) is 25.7 Å². The molecule has 106 valence electrons. The van der Waals surface area contributed by atoms with Gasteiger partial charge in [0.25, 0.3) is 0 Å². The summed E-state index contributed by atoms with van der Waals surface area (Å²) in [6.07, 6.45) is -1.83. The Balaban J connectivity index is 0.00000162. The minimum Gasteiger partial charge on any atom is -0.353 e. The lowest BCUT2D eigenvalue weighted by Gasteiger charge is -2.29. The van der Waals surface area contributed by atoms with Gasteiger partial charge in [0.15, 0.2) is 0 Å². The smallest absolute Gasteiger partial charge is 0.353 e. The van der Waals surface area contributed by atoms with E-state index in [0.29, 0.717) is 12.1 Å². The van der Waals surface area contributed by atoms with Crippen LogP contribution in [0.1, 0.15) is 38.5 Å². The summed E-state index contributed by atoms with van der Waals surface area (Å²) in [6, 6.07) is 0.915. The number of carbonyl (C=O) groups excluding carboxylic acids is 1. The Morgan fingerprint density at radius 3 is 2.28 bits per heavy atom. The number of piperidine rings is 1. The van der Waals surface area contributed by atoms with Crippen molar-refractivity contribution in [1.29, 1.82) is 0 Å². The summed E-state index contributed by atoms with van der Waals surface area (Å²) >= 11 is 0. The average Bonchev–Trinajstić information content (AvgIpc) is 2.54. The lowest BCUT2D eigenvalue weighted by Crippen LogP contribution is -2.48. The number of rotatable bonds is 3. The first-order valence-electron chi connectivity index (χ1n) is 6.04. The van der Waals surface area contributed by atoms with Crippen LogP contribution < -0.4 is 10.6 Å². The van der Waals surface area contributed by atoms with E-state index in [1.54, 1.807) is 0 Å². The number of alkyl halides is 3. The van der Waals surface area contributed by atoms with Crippen LogP contribution in [0.15, 0.2) is 0 Å². The zero-order valence-corrected chi connectivity index (χ0v) is 10.7. The van der Waals surface area contributed by atoms with E-state index < -0.39 is 24.9 Å². The Hall–Kier alpha value is -0.490. The molecule has 2 aliphatic rings. The summed E-state index contributed by atoms with van der Waals surface area (Å²) in [5, 5.41) is 6.13. The molecule has 2 unspecified atom stereocenters. The minimum atomic E-state index is -4.25. The zero-order valence-electron chi connectivity index (χ0n) is 9.93. The molecule has 3 nitrogen and oxygen atoms in total. The Kier molecular flexibility index (Phi) is 5.28. The third-order valence-corrected chi connectivity index (χ3v) is 3.47. The molecule has 0 radical (unpaired) electrons. The van der Waals surface area contributed by atoms with Crippen LogP contribution in [0.3, 0.4) is 0 Å². The topological polar surface area (TPSA) is 41.1 Å². The van der Waals surface area contributed by atoms with Crippen LogP contribution in [0.25, 0.3) is 0 Å². The Morgan fingerprint density at radius 1 is 1.22 bits per heavy atom. The van der Waals surface area contributed by atoms with Crippen molar-refractivity contribution in [3.05, 3.63) is 0 Å². The van der Waals surface area contributed by atoms with Gasteiger partial charge in [0, 0.05) is 24.5 Å². The van der Waals surface area contributed by atoms with Crippen molar-refractivity contribution in [3.8, 4) is 0 Å². The fourth-order valence-corrected chi connectivity index (χ4v) is 2.73. The van der Waals surface area contributed by atoms with E-state index in [1.807, 2.05) is 0 Å². The Bertz CT molecular complexity index is 287. The molecular formula is C11H18ClF3N2O. The quantitative estimate of drug-likeness (QED) is 0.835. The molecule has 2 heterocycles. The Morgan fingerprint density at radius 2 is 1.78 bits per heavy atom.